The topological polar surface area (TPSA) is 61.0 Å². The number of nitrogens with zero attached hydrogens (tertiary/aromatic N) is 2. The number of aryl methyl sites for hydroxylation is 1. The van der Waals surface area contributed by atoms with Crippen LogP contribution in [0.3, 0.4) is 0 Å². The minimum absolute atomic E-state index is 0.0763. The van der Waals surface area contributed by atoms with E-state index in [4.69, 9.17) is 10.5 Å². The van der Waals surface area contributed by atoms with Crippen LogP contribution in [0.25, 0.3) is 0 Å². The van der Waals surface area contributed by atoms with Crippen molar-refractivity contribution in [1.29, 1.82) is 0 Å². The van der Waals surface area contributed by atoms with Gasteiger partial charge in [0.15, 0.2) is 0 Å². The summed E-state index contributed by atoms with van der Waals surface area (Å²) >= 11 is 4.96. The molecule has 0 saturated carbocycles. The largest absolute Gasteiger partial charge is 0.493 e. The normalized spacial score (nSPS) is 14.9. The maximum absolute atomic E-state index is 6.35. The van der Waals surface area contributed by atoms with Gasteiger partial charge in [0.25, 0.3) is 0 Å². The highest BCUT2D eigenvalue weighted by molar-refractivity contribution is 9.10. The number of nitrogens with two attached hydrogens (primary N) is 1. The van der Waals surface area contributed by atoms with Crippen LogP contribution in [-0.2, 0) is 19.3 Å². The van der Waals surface area contributed by atoms with Crippen molar-refractivity contribution in [3.63, 3.8) is 0 Å². The standard InChI is InChI=1S/C14H16BrN3OS/c1-2-12-14(20-18-17-12)11(16)7-9-6-10(15)5-8-3-4-19-13(8)9/h5-6,11H,2-4,7,16H2,1H3. The molecule has 3 rings (SSSR count). The summed E-state index contributed by atoms with van der Waals surface area (Å²) in [5.74, 6) is 1.01. The van der Waals surface area contributed by atoms with Crippen LogP contribution in [0.1, 0.15) is 34.7 Å². The van der Waals surface area contributed by atoms with Crippen LogP contribution >= 0.6 is 27.5 Å². The smallest absolute Gasteiger partial charge is 0.125 e. The number of hydrogen-bond donors (Lipinski definition) is 1. The zero-order valence-electron chi connectivity index (χ0n) is 11.2. The van der Waals surface area contributed by atoms with E-state index >= 15 is 0 Å². The first-order chi connectivity index (χ1) is 9.69. The van der Waals surface area contributed by atoms with Gasteiger partial charge in [-0.3, -0.25) is 0 Å². The number of rotatable bonds is 4. The van der Waals surface area contributed by atoms with Gasteiger partial charge in [0.1, 0.15) is 5.75 Å². The third-order valence-corrected chi connectivity index (χ3v) is 4.88. The molecule has 1 unspecified atom stereocenters. The number of fused-ring (bicyclic) bond motifs is 1. The van der Waals surface area contributed by atoms with E-state index in [0.29, 0.717) is 0 Å². The highest BCUT2D eigenvalue weighted by Crippen LogP contribution is 2.35. The molecule has 0 saturated heterocycles. The van der Waals surface area contributed by atoms with Crippen LogP contribution in [0.2, 0.25) is 0 Å². The first kappa shape index (κ1) is 14.0. The van der Waals surface area contributed by atoms with Gasteiger partial charge in [-0.2, -0.15) is 0 Å². The van der Waals surface area contributed by atoms with Gasteiger partial charge >= 0.3 is 0 Å². The molecule has 2 N–H and O–H groups in total. The van der Waals surface area contributed by atoms with Crippen LogP contribution in [0.15, 0.2) is 16.6 Å². The molecule has 0 spiro atoms. The van der Waals surface area contributed by atoms with E-state index in [9.17, 15) is 0 Å². The van der Waals surface area contributed by atoms with E-state index in [2.05, 4.69) is 44.6 Å². The van der Waals surface area contributed by atoms with Gasteiger partial charge < -0.3 is 10.5 Å². The summed E-state index contributed by atoms with van der Waals surface area (Å²) < 4.78 is 10.9. The van der Waals surface area contributed by atoms with E-state index in [1.165, 1.54) is 17.1 Å². The molecule has 0 fully saturated rings. The van der Waals surface area contributed by atoms with Crippen molar-refractivity contribution in [1.82, 2.24) is 9.59 Å². The van der Waals surface area contributed by atoms with Crippen molar-refractivity contribution in [3.8, 4) is 5.75 Å². The van der Waals surface area contributed by atoms with E-state index in [0.717, 1.165) is 52.2 Å². The molecule has 6 heteroatoms. The molecule has 1 atom stereocenters. The Bertz CT molecular complexity index is 629. The molecule has 1 aromatic heterocycles. The minimum atomic E-state index is -0.0763. The summed E-state index contributed by atoms with van der Waals surface area (Å²) in [6.07, 6.45) is 2.59. The number of halogens is 1. The van der Waals surface area contributed by atoms with Crippen molar-refractivity contribution < 1.29 is 4.74 Å². The second kappa shape index (κ2) is 5.79. The van der Waals surface area contributed by atoms with Gasteiger partial charge in [0.2, 0.25) is 0 Å². The second-order valence-corrected chi connectivity index (χ2v) is 6.60. The molecular formula is C14H16BrN3OS. The highest BCUT2D eigenvalue weighted by Gasteiger charge is 2.21. The van der Waals surface area contributed by atoms with E-state index in [1.54, 1.807) is 0 Å². The zero-order chi connectivity index (χ0) is 14.1. The summed E-state index contributed by atoms with van der Waals surface area (Å²) in [7, 11) is 0. The summed E-state index contributed by atoms with van der Waals surface area (Å²) in [6.45, 7) is 2.84. The Balaban J connectivity index is 1.88. The summed E-state index contributed by atoms with van der Waals surface area (Å²) in [5, 5.41) is 4.14. The maximum atomic E-state index is 6.35. The van der Waals surface area contributed by atoms with Crippen molar-refractivity contribution in [2.24, 2.45) is 5.73 Å². The molecular weight excluding hydrogens is 338 g/mol. The Labute approximate surface area is 130 Å². The SMILES string of the molecule is CCc1nnsc1C(N)Cc1cc(Br)cc2c1OCC2. The van der Waals surface area contributed by atoms with Gasteiger partial charge in [-0.25, -0.2) is 0 Å². The van der Waals surface area contributed by atoms with Crippen LogP contribution in [0, 0.1) is 0 Å². The molecule has 0 bridgehead atoms. The van der Waals surface area contributed by atoms with Gasteiger partial charge in [-0.1, -0.05) is 27.3 Å². The molecule has 0 radical (unpaired) electrons. The zero-order valence-corrected chi connectivity index (χ0v) is 13.6. The maximum Gasteiger partial charge on any atom is 0.125 e. The summed E-state index contributed by atoms with van der Waals surface area (Å²) in [4.78, 5) is 1.08. The molecule has 20 heavy (non-hydrogen) atoms. The third kappa shape index (κ3) is 2.60. The fourth-order valence-electron chi connectivity index (χ4n) is 2.57. The van der Waals surface area contributed by atoms with Gasteiger partial charge in [0, 0.05) is 16.9 Å². The Morgan fingerprint density at radius 3 is 3.15 bits per heavy atom. The molecule has 0 amide bonds. The lowest BCUT2D eigenvalue weighted by molar-refractivity contribution is 0.352. The van der Waals surface area contributed by atoms with Crippen molar-refractivity contribution in [2.45, 2.75) is 32.2 Å². The first-order valence-corrected chi connectivity index (χ1v) is 8.26. The van der Waals surface area contributed by atoms with E-state index in [-0.39, 0.29) is 6.04 Å². The quantitative estimate of drug-likeness (QED) is 0.917. The van der Waals surface area contributed by atoms with Crippen LogP contribution < -0.4 is 10.5 Å². The fraction of sp³-hybridized carbons (Fsp3) is 0.429. The Morgan fingerprint density at radius 1 is 1.50 bits per heavy atom. The Kier molecular flexibility index (Phi) is 4.05. The van der Waals surface area contributed by atoms with Crippen LogP contribution in [0.4, 0.5) is 0 Å². The molecule has 0 aliphatic carbocycles. The van der Waals surface area contributed by atoms with E-state index < -0.39 is 0 Å². The average Bonchev–Trinajstić information content (AvgIpc) is 3.06. The molecule has 106 valence electrons. The number of aromatic nitrogens is 2. The number of hydrogen-bond acceptors (Lipinski definition) is 5. The van der Waals surface area contributed by atoms with Crippen molar-refractivity contribution >= 4 is 27.5 Å². The average molecular weight is 354 g/mol. The lowest BCUT2D eigenvalue weighted by Crippen LogP contribution is -2.14. The molecule has 1 aromatic carbocycles. The highest BCUT2D eigenvalue weighted by atomic mass is 79.9. The van der Waals surface area contributed by atoms with Crippen LogP contribution in [-0.4, -0.2) is 16.2 Å². The molecule has 1 aliphatic rings. The Hall–Kier alpha value is -0.980. The lowest BCUT2D eigenvalue weighted by atomic mass is 10.0. The van der Waals surface area contributed by atoms with Gasteiger partial charge in [-0.05, 0) is 47.6 Å². The van der Waals surface area contributed by atoms with Crippen molar-refractivity contribution in [2.75, 3.05) is 6.61 Å². The lowest BCUT2D eigenvalue weighted by Gasteiger charge is -2.14. The number of ether oxygens (including phenoxy) is 1. The Morgan fingerprint density at radius 2 is 2.35 bits per heavy atom. The van der Waals surface area contributed by atoms with E-state index in [1.807, 2.05) is 0 Å². The van der Waals surface area contributed by atoms with Crippen LogP contribution in [0.5, 0.6) is 5.75 Å². The first-order valence-electron chi connectivity index (χ1n) is 6.69. The third-order valence-electron chi connectivity index (χ3n) is 3.52. The molecule has 4 nitrogen and oxygen atoms in total. The predicted molar refractivity (Wildman–Crippen MR) is 83.3 cm³/mol. The number of benzene rings is 1. The fourth-order valence-corrected chi connectivity index (χ4v) is 3.86. The predicted octanol–water partition coefficient (Wildman–Crippen LogP) is 3.04. The summed E-state index contributed by atoms with van der Waals surface area (Å²) in [5.41, 5.74) is 9.79. The molecule has 1 aliphatic heterocycles. The summed E-state index contributed by atoms with van der Waals surface area (Å²) in [6, 6.07) is 4.15. The van der Waals surface area contributed by atoms with Crippen molar-refractivity contribution in [3.05, 3.63) is 38.3 Å². The monoisotopic (exact) mass is 353 g/mol. The van der Waals surface area contributed by atoms with Gasteiger partial charge in [-0.15, -0.1) is 5.10 Å². The molecule has 2 heterocycles. The second-order valence-electron chi connectivity index (χ2n) is 4.90. The minimum Gasteiger partial charge on any atom is -0.493 e. The van der Waals surface area contributed by atoms with Gasteiger partial charge in [0.05, 0.1) is 17.2 Å². The molecule has 2 aromatic rings.